The number of urea groups is 1. The summed E-state index contributed by atoms with van der Waals surface area (Å²) in [4.78, 5) is 32.0. The average Bonchev–Trinajstić information content (AvgIpc) is 2.96. The Hall–Kier alpha value is -2.11. The topological polar surface area (TPSA) is 65.5 Å². The molecule has 1 aliphatic heterocycles. The second-order valence-corrected chi connectivity index (χ2v) is 5.80. The van der Waals surface area contributed by atoms with E-state index in [1.165, 1.54) is 0 Å². The highest BCUT2D eigenvalue weighted by atomic mass is 16.2. The van der Waals surface area contributed by atoms with E-state index >= 15 is 0 Å². The standard InChI is InChI=1S/C16H24N4O2/c1-4-8-19(3)16(22)18-14-7-9-20(11-14)15(21)13-6-5-12(2)17-10-13/h5-6,10,14H,4,7-9,11H2,1-3H3,(H,18,22). The first-order valence-corrected chi connectivity index (χ1v) is 7.74. The van der Waals surface area contributed by atoms with E-state index in [-0.39, 0.29) is 18.0 Å². The van der Waals surface area contributed by atoms with Gasteiger partial charge in [-0.3, -0.25) is 9.78 Å². The van der Waals surface area contributed by atoms with Crippen LogP contribution in [0.5, 0.6) is 0 Å². The molecule has 6 heteroatoms. The molecule has 1 aromatic heterocycles. The number of carbonyl (C=O) groups excluding carboxylic acids is 2. The van der Waals surface area contributed by atoms with Crippen molar-refractivity contribution in [3.8, 4) is 0 Å². The fourth-order valence-corrected chi connectivity index (χ4v) is 2.56. The van der Waals surface area contributed by atoms with Gasteiger partial charge in [-0.25, -0.2) is 4.79 Å². The fourth-order valence-electron chi connectivity index (χ4n) is 2.56. The van der Waals surface area contributed by atoms with Crippen LogP contribution in [0.1, 0.15) is 35.8 Å². The number of aromatic nitrogens is 1. The normalized spacial score (nSPS) is 17.4. The number of aryl methyl sites for hydroxylation is 1. The molecule has 3 amide bonds. The van der Waals surface area contributed by atoms with Crippen molar-refractivity contribution in [3.63, 3.8) is 0 Å². The summed E-state index contributed by atoms with van der Waals surface area (Å²) in [7, 11) is 1.79. The number of likely N-dealkylation sites (tertiary alicyclic amines) is 1. The molecule has 0 radical (unpaired) electrons. The van der Waals surface area contributed by atoms with Crippen molar-refractivity contribution in [2.75, 3.05) is 26.7 Å². The summed E-state index contributed by atoms with van der Waals surface area (Å²) in [6, 6.07) is 3.58. The van der Waals surface area contributed by atoms with Crippen molar-refractivity contribution in [1.29, 1.82) is 0 Å². The molecule has 1 unspecified atom stereocenters. The van der Waals surface area contributed by atoms with E-state index in [9.17, 15) is 9.59 Å². The number of rotatable bonds is 4. The van der Waals surface area contributed by atoms with Crippen LogP contribution in [0.25, 0.3) is 0 Å². The molecule has 1 N–H and O–H groups in total. The Morgan fingerprint density at radius 3 is 2.86 bits per heavy atom. The molecule has 0 aliphatic carbocycles. The lowest BCUT2D eigenvalue weighted by atomic mass is 10.2. The maximum atomic E-state index is 12.4. The Morgan fingerprint density at radius 1 is 1.45 bits per heavy atom. The summed E-state index contributed by atoms with van der Waals surface area (Å²) in [5.74, 6) is -0.0221. The van der Waals surface area contributed by atoms with E-state index in [0.29, 0.717) is 18.7 Å². The molecule has 22 heavy (non-hydrogen) atoms. The maximum Gasteiger partial charge on any atom is 0.317 e. The lowest BCUT2D eigenvalue weighted by Crippen LogP contribution is -2.44. The van der Waals surface area contributed by atoms with Crippen LogP contribution >= 0.6 is 0 Å². The second-order valence-electron chi connectivity index (χ2n) is 5.80. The molecule has 2 rings (SSSR count). The zero-order valence-electron chi connectivity index (χ0n) is 13.5. The van der Waals surface area contributed by atoms with E-state index in [1.54, 1.807) is 29.1 Å². The number of nitrogens with one attached hydrogen (secondary N) is 1. The molecule has 1 saturated heterocycles. The Labute approximate surface area is 131 Å². The third-order valence-electron chi connectivity index (χ3n) is 3.87. The Morgan fingerprint density at radius 2 is 2.23 bits per heavy atom. The van der Waals surface area contributed by atoms with E-state index in [4.69, 9.17) is 0 Å². The Bertz CT molecular complexity index is 529. The van der Waals surface area contributed by atoms with Crippen molar-refractivity contribution < 1.29 is 9.59 Å². The number of amides is 3. The van der Waals surface area contributed by atoms with Gasteiger partial charge in [0, 0.05) is 44.6 Å². The van der Waals surface area contributed by atoms with Crippen LogP contribution in [0, 0.1) is 6.92 Å². The van der Waals surface area contributed by atoms with Crippen molar-refractivity contribution in [1.82, 2.24) is 20.1 Å². The largest absolute Gasteiger partial charge is 0.336 e. The van der Waals surface area contributed by atoms with Crippen LogP contribution in [0.4, 0.5) is 4.79 Å². The quantitative estimate of drug-likeness (QED) is 0.920. The third-order valence-corrected chi connectivity index (χ3v) is 3.87. The highest BCUT2D eigenvalue weighted by Crippen LogP contribution is 2.14. The lowest BCUT2D eigenvalue weighted by Gasteiger charge is -2.21. The van der Waals surface area contributed by atoms with Crippen molar-refractivity contribution in [2.24, 2.45) is 0 Å². The number of hydrogen-bond acceptors (Lipinski definition) is 3. The SMILES string of the molecule is CCCN(C)C(=O)NC1CCN(C(=O)c2ccc(C)nc2)C1. The van der Waals surface area contributed by atoms with Gasteiger partial charge < -0.3 is 15.1 Å². The minimum Gasteiger partial charge on any atom is -0.336 e. The summed E-state index contributed by atoms with van der Waals surface area (Å²) in [6.07, 6.45) is 3.33. The summed E-state index contributed by atoms with van der Waals surface area (Å²) >= 11 is 0. The molecule has 0 spiro atoms. The first-order valence-electron chi connectivity index (χ1n) is 7.74. The van der Waals surface area contributed by atoms with E-state index in [0.717, 1.165) is 25.1 Å². The number of nitrogens with zero attached hydrogens (tertiary/aromatic N) is 3. The zero-order chi connectivity index (χ0) is 16.1. The Kier molecular flexibility index (Phi) is 5.35. The molecular formula is C16H24N4O2. The number of pyridine rings is 1. The summed E-state index contributed by atoms with van der Waals surface area (Å²) < 4.78 is 0. The van der Waals surface area contributed by atoms with Crippen molar-refractivity contribution in [2.45, 2.75) is 32.7 Å². The highest BCUT2D eigenvalue weighted by Gasteiger charge is 2.28. The van der Waals surface area contributed by atoms with Gasteiger partial charge in [0.15, 0.2) is 0 Å². The summed E-state index contributed by atoms with van der Waals surface area (Å²) in [5.41, 5.74) is 1.49. The van der Waals surface area contributed by atoms with E-state index < -0.39 is 0 Å². The van der Waals surface area contributed by atoms with Crippen LogP contribution < -0.4 is 5.32 Å². The predicted molar refractivity (Wildman–Crippen MR) is 84.7 cm³/mol. The van der Waals surface area contributed by atoms with Gasteiger partial charge in [0.2, 0.25) is 0 Å². The highest BCUT2D eigenvalue weighted by molar-refractivity contribution is 5.94. The van der Waals surface area contributed by atoms with Crippen LogP contribution in [0.3, 0.4) is 0 Å². The lowest BCUT2D eigenvalue weighted by molar-refractivity contribution is 0.0788. The van der Waals surface area contributed by atoms with Gasteiger partial charge in [-0.1, -0.05) is 6.92 Å². The molecule has 1 atom stereocenters. The van der Waals surface area contributed by atoms with Crippen LogP contribution in [-0.4, -0.2) is 59.4 Å². The van der Waals surface area contributed by atoms with Gasteiger partial charge in [-0.2, -0.15) is 0 Å². The maximum absolute atomic E-state index is 12.4. The molecule has 1 fully saturated rings. The van der Waals surface area contributed by atoms with Gasteiger partial charge in [0.05, 0.1) is 5.56 Å². The average molecular weight is 304 g/mol. The molecule has 0 bridgehead atoms. The van der Waals surface area contributed by atoms with Gasteiger partial charge in [0.1, 0.15) is 0 Å². The zero-order valence-corrected chi connectivity index (χ0v) is 13.5. The molecule has 6 nitrogen and oxygen atoms in total. The van der Waals surface area contributed by atoms with Gasteiger partial charge in [0.25, 0.3) is 5.91 Å². The first kappa shape index (κ1) is 16.3. The second kappa shape index (κ2) is 7.24. The van der Waals surface area contributed by atoms with Crippen LogP contribution in [0.2, 0.25) is 0 Å². The molecule has 2 heterocycles. The van der Waals surface area contributed by atoms with Gasteiger partial charge >= 0.3 is 6.03 Å². The summed E-state index contributed by atoms with van der Waals surface area (Å²) in [5, 5.41) is 2.99. The molecule has 120 valence electrons. The predicted octanol–water partition coefficient (Wildman–Crippen LogP) is 1.66. The van der Waals surface area contributed by atoms with Gasteiger partial charge in [-0.05, 0) is 31.9 Å². The fraction of sp³-hybridized carbons (Fsp3) is 0.562. The molecule has 0 saturated carbocycles. The monoisotopic (exact) mass is 304 g/mol. The van der Waals surface area contributed by atoms with Crippen molar-refractivity contribution in [3.05, 3.63) is 29.6 Å². The Balaban J connectivity index is 1.88. The van der Waals surface area contributed by atoms with Gasteiger partial charge in [-0.15, -0.1) is 0 Å². The number of carbonyl (C=O) groups is 2. The van der Waals surface area contributed by atoms with Crippen LogP contribution in [0.15, 0.2) is 18.3 Å². The minimum atomic E-state index is -0.0712. The minimum absolute atomic E-state index is 0.0221. The molecule has 1 aliphatic rings. The van der Waals surface area contributed by atoms with Crippen LogP contribution in [-0.2, 0) is 0 Å². The molecule has 1 aromatic rings. The van der Waals surface area contributed by atoms with E-state index in [1.807, 2.05) is 19.9 Å². The molecule has 0 aromatic carbocycles. The molecular weight excluding hydrogens is 280 g/mol. The first-order chi connectivity index (χ1) is 10.5. The smallest absolute Gasteiger partial charge is 0.317 e. The van der Waals surface area contributed by atoms with E-state index in [2.05, 4.69) is 10.3 Å². The van der Waals surface area contributed by atoms with Crippen molar-refractivity contribution >= 4 is 11.9 Å². The third kappa shape index (κ3) is 3.96. The summed E-state index contributed by atoms with van der Waals surface area (Å²) in [6.45, 7) is 5.88. The number of hydrogen-bond donors (Lipinski definition) is 1.